The minimum atomic E-state index is -4.18. The van der Waals surface area contributed by atoms with E-state index in [2.05, 4.69) is 4.74 Å². The van der Waals surface area contributed by atoms with E-state index in [0.717, 1.165) is 12.1 Å². The molecule has 0 aliphatic heterocycles. The van der Waals surface area contributed by atoms with E-state index < -0.39 is 27.3 Å². The molecule has 0 amide bonds. The molecule has 0 unspecified atom stereocenters. The van der Waals surface area contributed by atoms with Crippen molar-refractivity contribution in [3.05, 3.63) is 53.1 Å². The van der Waals surface area contributed by atoms with Crippen molar-refractivity contribution in [2.24, 2.45) is 0 Å². The standard InChI is InChI=1S/C15H12F2N2O3S/c1-9-3-4-10(8-18)5-15(9)23(20,21)19-13-6-12(17)14(22-2)7-11(13)16/h3-7,19H,1-2H3. The summed E-state index contributed by atoms with van der Waals surface area (Å²) in [7, 11) is -3.02. The van der Waals surface area contributed by atoms with E-state index in [1.54, 1.807) is 0 Å². The fourth-order valence-electron chi connectivity index (χ4n) is 1.92. The van der Waals surface area contributed by atoms with Gasteiger partial charge < -0.3 is 4.74 Å². The van der Waals surface area contributed by atoms with E-state index in [0.29, 0.717) is 11.6 Å². The van der Waals surface area contributed by atoms with E-state index in [1.807, 2.05) is 10.8 Å². The minimum absolute atomic E-state index is 0.136. The molecule has 0 atom stereocenters. The highest BCUT2D eigenvalue weighted by atomic mass is 32.2. The van der Waals surface area contributed by atoms with Crippen molar-refractivity contribution in [3.8, 4) is 11.8 Å². The van der Waals surface area contributed by atoms with Gasteiger partial charge in [0.15, 0.2) is 17.4 Å². The zero-order valence-corrected chi connectivity index (χ0v) is 13.0. The molecule has 0 aliphatic rings. The number of anilines is 1. The van der Waals surface area contributed by atoms with Gasteiger partial charge in [-0.1, -0.05) is 6.07 Å². The number of methoxy groups -OCH3 is 1. The van der Waals surface area contributed by atoms with Crippen LogP contribution in [-0.4, -0.2) is 15.5 Å². The summed E-state index contributed by atoms with van der Waals surface area (Å²) in [6, 6.07) is 7.33. The average molecular weight is 338 g/mol. The smallest absolute Gasteiger partial charge is 0.262 e. The first-order valence-electron chi connectivity index (χ1n) is 6.35. The molecule has 0 heterocycles. The number of sulfonamides is 1. The van der Waals surface area contributed by atoms with Gasteiger partial charge in [0, 0.05) is 12.1 Å². The normalized spacial score (nSPS) is 10.9. The van der Waals surface area contributed by atoms with Crippen LogP contribution in [0.15, 0.2) is 35.2 Å². The van der Waals surface area contributed by atoms with E-state index in [-0.39, 0.29) is 16.2 Å². The maximum atomic E-state index is 13.9. The predicted molar refractivity (Wildman–Crippen MR) is 79.6 cm³/mol. The van der Waals surface area contributed by atoms with Gasteiger partial charge in [-0.15, -0.1) is 0 Å². The van der Waals surface area contributed by atoms with Crippen LogP contribution in [0.5, 0.6) is 5.75 Å². The Morgan fingerprint density at radius 2 is 1.87 bits per heavy atom. The zero-order chi connectivity index (χ0) is 17.2. The number of hydrogen-bond donors (Lipinski definition) is 1. The van der Waals surface area contributed by atoms with E-state index in [1.165, 1.54) is 26.2 Å². The molecule has 5 nitrogen and oxygen atoms in total. The molecule has 0 aliphatic carbocycles. The highest BCUT2D eigenvalue weighted by Gasteiger charge is 2.21. The van der Waals surface area contributed by atoms with E-state index in [4.69, 9.17) is 5.26 Å². The lowest BCUT2D eigenvalue weighted by Gasteiger charge is -2.12. The summed E-state index contributed by atoms with van der Waals surface area (Å²) < 4.78 is 58.9. The number of benzene rings is 2. The van der Waals surface area contributed by atoms with E-state index >= 15 is 0 Å². The van der Waals surface area contributed by atoms with Gasteiger partial charge in [0.05, 0.1) is 29.3 Å². The van der Waals surface area contributed by atoms with Gasteiger partial charge in [0.2, 0.25) is 0 Å². The van der Waals surface area contributed by atoms with Gasteiger partial charge >= 0.3 is 0 Å². The number of halogens is 2. The largest absolute Gasteiger partial charge is 0.494 e. The van der Waals surface area contributed by atoms with Crippen LogP contribution in [0, 0.1) is 29.9 Å². The number of nitrogens with one attached hydrogen (secondary N) is 1. The van der Waals surface area contributed by atoms with Crippen LogP contribution in [0.1, 0.15) is 11.1 Å². The molecule has 0 spiro atoms. The Morgan fingerprint density at radius 3 is 2.48 bits per heavy atom. The van der Waals surface area contributed by atoms with Crippen molar-refractivity contribution >= 4 is 15.7 Å². The van der Waals surface area contributed by atoms with Crippen LogP contribution < -0.4 is 9.46 Å². The highest BCUT2D eigenvalue weighted by Crippen LogP contribution is 2.27. The van der Waals surface area contributed by atoms with Crippen LogP contribution in [0.4, 0.5) is 14.5 Å². The Morgan fingerprint density at radius 1 is 1.17 bits per heavy atom. The summed E-state index contributed by atoms with van der Waals surface area (Å²) in [6.07, 6.45) is 0. The lowest BCUT2D eigenvalue weighted by molar-refractivity contribution is 0.383. The van der Waals surface area contributed by atoms with Crippen LogP contribution >= 0.6 is 0 Å². The van der Waals surface area contributed by atoms with Crippen molar-refractivity contribution in [1.29, 1.82) is 5.26 Å². The Bertz CT molecular complexity index is 906. The zero-order valence-electron chi connectivity index (χ0n) is 12.2. The molecule has 2 aromatic rings. The van der Waals surface area contributed by atoms with Gasteiger partial charge in [-0.3, -0.25) is 4.72 Å². The first-order valence-corrected chi connectivity index (χ1v) is 7.83. The van der Waals surface area contributed by atoms with E-state index in [9.17, 15) is 17.2 Å². The molecule has 0 radical (unpaired) electrons. The number of rotatable bonds is 4. The summed E-state index contributed by atoms with van der Waals surface area (Å²) in [5.41, 5.74) is -0.0479. The summed E-state index contributed by atoms with van der Waals surface area (Å²) in [5.74, 6) is -2.23. The van der Waals surface area contributed by atoms with Crippen LogP contribution in [0.25, 0.3) is 0 Å². The molecule has 0 bridgehead atoms. The van der Waals surface area contributed by atoms with Crippen molar-refractivity contribution in [3.63, 3.8) is 0 Å². The number of hydrogen-bond acceptors (Lipinski definition) is 4. The lowest BCUT2D eigenvalue weighted by atomic mass is 10.2. The highest BCUT2D eigenvalue weighted by molar-refractivity contribution is 7.92. The topological polar surface area (TPSA) is 79.2 Å². The molecule has 0 fully saturated rings. The Kier molecular flexibility index (Phi) is 4.52. The maximum Gasteiger partial charge on any atom is 0.262 e. The molecule has 1 N–H and O–H groups in total. The summed E-state index contributed by atoms with van der Waals surface area (Å²) >= 11 is 0. The Hall–Kier alpha value is -2.66. The second kappa shape index (κ2) is 6.22. The molecule has 0 saturated carbocycles. The number of nitriles is 1. The Balaban J connectivity index is 2.47. The lowest BCUT2D eigenvalue weighted by Crippen LogP contribution is -2.15. The molecule has 2 rings (SSSR count). The SMILES string of the molecule is COc1cc(F)c(NS(=O)(=O)c2cc(C#N)ccc2C)cc1F. The predicted octanol–water partition coefficient (Wildman–Crippen LogP) is 2.95. The molecule has 2 aromatic carbocycles. The third kappa shape index (κ3) is 3.40. The average Bonchev–Trinajstić information content (AvgIpc) is 2.50. The fraction of sp³-hybridized carbons (Fsp3) is 0.133. The third-order valence-electron chi connectivity index (χ3n) is 3.09. The summed E-state index contributed by atoms with van der Waals surface area (Å²) in [6.45, 7) is 1.53. The van der Waals surface area contributed by atoms with Gasteiger partial charge in [0.25, 0.3) is 10.0 Å². The molecule has 0 saturated heterocycles. The minimum Gasteiger partial charge on any atom is -0.494 e. The third-order valence-corrected chi connectivity index (χ3v) is 4.60. The first-order chi connectivity index (χ1) is 10.8. The van der Waals surface area contributed by atoms with Crippen molar-refractivity contribution < 1.29 is 21.9 Å². The van der Waals surface area contributed by atoms with Gasteiger partial charge in [-0.2, -0.15) is 5.26 Å². The second-order valence-corrected chi connectivity index (χ2v) is 6.32. The second-order valence-electron chi connectivity index (χ2n) is 4.66. The number of nitrogens with zero attached hydrogens (tertiary/aromatic N) is 1. The molecule has 0 aromatic heterocycles. The van der Waals surface area contributed by atoms with Crippen molar-refractivity contribution in [2.75, 3.05) is 11.8 Å². The van der Waals surface area contributed by atoms with Crippen LogP contribution in [0.3, 0.4) is 0 Å². The Labute approximate surface area is 132 Å². The van der Waals surface area contributed by atoms with Gasteiger partial charge in [-0.25, -0.2) is 17.2 Å². The summed E-state index contributed by atoms with van der Waals surface area (Å²) in [4.78, 5) is -0.188. The molecule has 120 valence electrons. The van der Waals surface area contributed by atoms with Gasteiger partial charge in [-0.05, 0) is 24.6 Å². The van der Waals surface area contributed by atoms with Crippen LogP contribution in [0.2, 0.25) is 0 Å². The molecular formula is C15H12F2N2O3S. The molecule has 8 heteroatoms. The summed E-state index contributed by atoms with van der Waals surface area (Å²) in [5, 5.41) is 8.86. The fourth-order valence-corrected chi connectivity index (χ4v) is 3.25. The van der Waals surface area contributed by atoms with Crippen LogP contribution in [-0.2, 0) is 10.0 Å². The first kappa shape index (κ1) is 16.7. The molecular weight excluding hydrogens is 326 g/mol. The maximum absolute atomic E-state index is 13.9. The van der Waals surface area contributed by atoms with Crippen molar-refractivity contribution in [1.82, 2.24) is 0 Å². The number of ether oxygens (including phenoxy) is 1. The molecule has 23 heavy (non-hydrogen) atoms. The van der Waals surface area contributed by atoms with Crippen molar-refractivity contribution in [2.45, 2.75) is 11.8 Å². The number of aryl methyl sites for hydroxylation is 1. The quantitative estimate of drug-likeness (QED) is 0.929. The monoisotopic (exact) mass is 338 g/mol. The van der Waals surface area contributed by atoms with Gasteiger partial charge in [0.1, 0.15) is 0 Å².